The fraction of sp³-hybridized carbons (Fsp3) is 0.500. The van der Waals surface area contributed by atoms with E-state index in [1.165, 1.54) is 0 Å². The Labute approximate surface area is 118 Å². The maximum absolute atomic E-state index is 5.95. The number of hydrogen-bond acceptors (Lipinski definition) is 5. The molecule has 0 atom stereocenters. The Morgan fingerprint density at radius 3 is 2.80 bits per heavy atom. The fourth-order valence-corrected chi connectivity index (χ4v) is 1.82. The Kier molecular flexibility index (Phi) is 5.06. The zero-order valence-electron chi connectivity index (χ0n) is 12.0. The van der Waals surface area contributed by atoms with Crippen LogP contribution in [0, 0.1) is 5.92 Å². The molecule has 0 saturated carbocycles. The van der Waals surface area contributed by atoms with Gasteiger partial charge in [0.1, 0.15) is 0 Å². The van der Waals surface area contributed by atoms with Gasteiger partial charge in [-0.05, 0) is 34.9 Å². The first-order chi connectivity index (χ1) is 9.68. The van der Waals surface area contributed by atoms with Gasteiger partial charge in [0.15, 0.2) is 5.82 Å². The molecule has 1 aromatic carbocycles. The SMILES string of the molecule is CC(C)CCOCCn1nnnc1-c1ccccc1N. The zero-order chi connectivity index (χ0) is 14.4. The molecular weight excluding hydrogens is 254 g/mol. The molecule has 2 aromatic rings. The minimum absolute atomic E-state index is 0.595. The lowest BCUT2D eigenvalue weighted by Crippen LogP contribution is -2.11. The molecular formula is C14H21N5O. The number of nitrogens with zero attached hydrogens (tertiary/aromatic N) is 4. The lowest BCUT2D eigenvalue weighted by Gasteiger charge is -2.08. The smallest absolute Gasteiger partial charge is 0.184 e. The fourth-order valence-electron chi connectivity index (χ4n) is 1.82. The summed E-state index contributed by atoms with van der Waals surface area (Å²) >= 11 is 0. The van der Waals surface area contributed by atoms with Gasteiger partial charge >= 0.3 is 0 Å². The quantitative estimate of drug-likeness (QED) is 0.617. The Morgan fingerprint density at radius 1 is 1.25 bits per heavy atom. The van der Waals surface area contributed by atoms with Gasteiger partial charge in [0.05, 0.1) is 13.2 Å². The van der Waals surface area contributed by atoms with Crippen molar-refractivity contribution in [1.29, 1.82) is 0 Å². The average Bonchev–Trinajstić information content (AvgIpc) is 2.87. The Morgan fingerprint density at radius 2 is 2.05 bits per heavy atom. The standard InChI is InChI=1S/C14H21N5O/c1-11(2)7-9-20-10-8-19-14(16-17-18-19)12-5-3-4-6-13(12)15/h3-6,11H,7-10,15H2,1-2H3. The molecule has 108 valence electrons. The third-order valence-electron chi connectivity index (χ3n) is 3.02. The van der Waals surface area contributed by atoms with E-state index in [-0.39, 0.29) is 0 Å². The van der Waals surface area contributed by atoms with Gasteiger partial charge in [0.2, 0.25) is 0 Å². The van der Waals surface area contributed by atoms with Crippen LogP contribution in [0.2, 0.25) is 0 Å². The number of rotatable bonds is 7. The summed E-state index contributed by atoms with van der Waals surface area (Å²) in [5, 5.41) is 11.7. The van der Waals surface area contributed by atoms with Crippen molar-refractivity contribution in [3.05, 3.63) is 24.3 Å². The van der Waals surface area contributed by atoms with E-state index in [0.717, 1.165) is 18.6 Å². The van der Waals surface area contributed by atoms with Crippen LogP contribution in [0.25, 0.3) is 11.4 Å². The number of aromatic nitrogens is 4. The van der Waals surface area contributed by atoms with E-state index in [0.29, 0.717) is 30.6 Å². The third kappa shape index (κ3) is 3.77. The molecule has 0 radical (unpaired) electrons. The Hall–Kier alpha value is -1.95. The monoisotopic (exact) mass is 275 g/mol. The van der Waals surface area contributed by atoms with Gasteiger partial charge in [-0.3, -0.25) is 0 Å². The van der Waals surface area contributed by atoms with E-state index in [2.05, 4.69) is 29.4 Å². The second-order valence-electron chi connectivity index (χ2n) is 5.11. The first-order valence-electron chi connectivity index (χ1n) is 6.87. The van der Waals surface area contributed by atoms with Crippen LogP contribution in [0.1, 0.15) is 20.3 Å². The molecule has 0 aliphatic rings. The van der Waals surface area contributed by atoms with Gasteiger partial charge in [-0.25, -0.2) is 4.68 Å². The lowest BCUT2D eigenvalue weighted by atomic mass is 10.1. The molecule has 2 N–H and O–H groups in total. The highest BCUT2D eigenvalue weighted by molar-refractivity contribution is 5.70. The van der Waals surface area contributed by atoms with Crippen molar-refractivity contribution >= 4 is 5.69 Å². The van der Waals surface area contributed by atoms with Crippen LogP contribution in [0.3, 0.4) is 0 Å². The van der Waals surface area contributed by atoms with Crippen molar-refractivity contribution in [2.75, 3.05) is 18.9 Å². The number of nitrogen functional groups attached to an aromatic ring is 1. The highest BCUT2D eigenvalue weighted by atomic mass is 16.5. The van der Waals surface area contributed by atoms with Crippen LogP contribution in [0.5, 0.6) is 0 Å². The number of hydrogen-bond donors (Lipinski definition) is 1. The molecule has 1 aromatic heterocycles. The van der Waals surface area contributed by atoms with Crippen molar-refractivity contribution in [2.24, 2.45) is 5.92 Å². The van der Waals surface area contributed by atoms with Crippen molar-refractivity contribution < 1.29 is 4.74 Å². The molecule has 0 saturated heterocycles. The highest BCUT2D eigenvalue weighted by Gasteiger charge is 2.11. The third-order valence-corrected chi connectivity index (χ3v) is 3.02. The molecule has 0 aliphatic carbocycles. The summed E-state index contributed by atoms with van der Waals surface area (Å²) in [5.41, 5.74) is 7.47. The van der Waals surface area contributed by atoms with Crippen molar-refractivity contribution in [1.82, 2.24) is 20.2 Å². The predicted octanol–water partition coefficient (Wildman–Crippen LogP) is 1.98. The number of tetrazole rings is 1. The minimum Gasteiger partial charge on any atom is -0.398 e. The molecule has 20 heavy (non-hydrogen) atoms. The van der Waals surface area contributed by atoms with Gasteiger partial charge in [-0.2, -0.15) is 0 Å². The van der Waals surface area contributed by atoms with Gasteiger partial charge in [0.25, 0.3) is 0 Å². The second-order valence-corrected chi connectivity index (χ2v) is 5.11. The van der Waals surface area contributed by atoms with Crippen molar-refractivity contribution in [3.8, 4) is 11.4 Å². The summed E-state index contributed by atoms with van der Waals surface area (Å²) in [5.74, 6) is 1.33. The Bertz CT molecular complexity index is 538. The molecule has 0 amide bonds. The molecule has 0 spiro atoms. The molecule has 0 unspecified atom stereocenters. The summed E-state index contributed by atoms with van der Waals surface area (Å²) in [7, 11) is 0. The van der Waals surface area contributed by atoms with Crippen LogP contribution in [-0.2, 0) is 11.3 Å². The lowest BCUT2D eigenvalue weighted by molar-refractivity contribution is 0.114. The first kappa shape index (κ1) is 14.5. The van der Waals surface area contributed by atoms with E-state index in [4.69, 9.17) is 10.5 Å². The number of anilines is 1. The molecule has 0 bridgehead atoms. The van der Waals surface area contributed by atoms with Gasteiger partial charge in [-0.1, -0.05) is 26.0 Å². The van der Waals surface area contributed by atoms with Crippen LogP contribution in [-0.4, -0.2) is 33.4 Å². The van der Waals surface area contributed by atoms with Gasteiger partial charge < -0.3 is 10.5 Å². The second kappa shape index (κ2) is 7.00. The predicted molar refractivity (Wildman–Crippen MR) is 77.9 cm³/mol. The maximum Gasteiger partial charge on any atom is 0.184 e. The number of nitrogens with two attached hydrogens (primary N) is 1. The Balaban J connectivity index is 1.94. The summed E-state index contributed by atoms with van der Waals surface area (Å²) < 4.78 is 7.31. The van der Waals surface area contributed by atoms with Crippen molar-refractivity contribution in [3.63, 3.8) is 0 Å². The topological polar surface area (TPSA) is 78.8 Å². The first-order valence-corrected chi connectivity index (χ1v) is 6.87. The van der Waals surface area contributed by atoms with Gasteiger partial charge in [-0.15, -0.1) is 5.10 Å². The molecule has 0 fully saturated rings. The normalized spacial score (nSPS) is 11.2. The van der Waals surface area contributed by atoms with Crippen LogP contribution in [0.15, 0.2) is 24.3 Å². The summed E-state index contributed by atoms with van der Waals surface area (Å²) in [6.07, 6.45) is 1.06. The number of para-hydroxylation sites is 1. The summed E-state index contributed by atoms with van der Waals surface area (Å²) in [6, 6.07) is 7.57. The minimum atomic E-state index is 0.595. The molecule has 6 nitrogen and oxygen atoms in total. The van der Waals surface area contributed by atoms with Crippen LogP contribution >= 0.6 is 0 Å². The van der Waals surface area contributed by atoms with Crippen LogP contribution in [0.4, 0.5) is 5.69 Å². The van der Waals surface area contributed by atoms with Crippen molar-refractivity contribution in [2.45, 2.75) is 26.8 Å². The van der Waals surface area contributed by atoms with E-state index in [9.17, 15) is 0 Å². The summed E-state index contributed by atoms with van der Waals surface area (Å²) in [6.45, 7) is 6.34. The highest BCUT2D eigenvalue weighted by Crippen LogP contribution is 2.22. The van der Waals surface area contributed by atoms with E-state index >= 15 is 0 Å². The van der Waals surface area contributed by atoms with Gasteiger partial charge in [0, 0.05) is 17.9 Å². The largest absolute Gasteiger partial charge is 0.398 e. The molecule has 2 rings (SSSR count). The van der Waals surface area contributed by atoms with E-state index in [1.54, 1.807) is 4.68 Å². The number of ether oxygens (including phenoxy) is 1. The number of benzene rings is 1. The molecule has 0 aliphatic heterocycles. The van der Waals surface area contributed by atoms with Crippen LogP contribution < -0.4 is 5.73 Å². The van der Waals surface area contributed by atoms with E-state index < -0.39 is 0 Å². The maximum atomic E-state index is 5.95. The van der Waals surface area contributed by atoms with E-state index in [1.807, 2.05) is 24.3 Å². The molecule has 1 heterocycles. The molecule has 6 heteroatoms. The average molecular weight is 275 g/mol. The zero-order valence-corrected chi connectivity index (χ0v) is 12.0. The summed E-state index contributed by atoms with van der Waals surface area (Å²) in [4.78, 5) is 0.